The van der Waals surface area contributed by atoms with Gasteiger partial charge in [0.25, 0.3) is 0 Å². The van der Waals surface area contributed by atoms with Gasteiger partial charge in [0.05, 0.1) is 4.90 Å². The molecular weight excluding hydrogens is 454 g/mol. The van der Waals surface area contributed by atoms with Crippen molar-refractivity contribution in [3.05, 3.63) is 59.2 Å². The topological polar surface area (TPSA) is 69.7 Å². The molecule has 0 unspecified atom stereocenters. The molecule has 0 atom stereocenters. The summed E-state index contributed by atoms with van der Waals surface area (Å²) in [6.45, 7) is 7.49. The van der Waals surface area contributed by atoms with E-state index in [4.69, 9.17) is 0 Å². The zero-order valence-corrected chi connectivity index (χ0v) is 21.1. The molecule has 0 bridgehead atoms. The lowest BCUT2D eigenvalue weighted by Crippen LogP contribution is -2.41. The highest BCUT2D eigenvalue weighted by Gasteiger charge is 2.33. The molecule has 2 aromatic carbocycles. The Bertz CT molecular complexity index is 1090. The highest BCUT2D eigenvalue weighted by molar-refractivity contribution is 7.99. The fourth-order valence-corrected chi connectivity index (χ4v) is 7.26. The number of hydrogen-bond acceptors (Lipinski definition) is 5. The van der Waals surface area contributed by atoms with Gasteiger partial charge in [0.15, 0.2) is 0 Å². The van der Waals surface area contributed by atoms with Crippen molar-refractivity contribution in [1.29, 1.82) is 0 Å². The van der Waals surface area contributed by atoms with Crippen LogP contribution in [0.1, 0.15) is 29.5 Å². The summed E-state index contributed by atoms with van der Waals surface area (Å²) in [6.07, 6.45) is 1.06. The van der Waals surface area contributed by atoms with E-state index >= 15 is 0 Å². The number of carbonyl (C=O) groups is 1. The van der Waals surface area contributed by atoms with Gasteiger partial charge in [0.1, 0.15) is 0 Å². The van der Waals surface area contributed by atoms with Crippen molar-refractivity contribution >= 4 is 33.4 Å². The monoisotopic (exact) mass is 487 g/mol. The van der Waals surface area contributed by atoms with E-state index in [1.54, 1.807) is 6.07 Å². The van der Waals surface area contributed by atoms with Gasteiger partial charge < -0.3 is 5.32 Å². The molecule has 2 aliphatic rings. The molecule has 33 heavy (non-hydrogen) atoms. The van der Waals surface area contributed by atoms with Crippen molar-refractivity contribution in [3.63, 3.8) is 0 Å². The van der Waals surface area contributed by atoms with Crippen LogP contribution in [0.5, 0.6) is 0 Å². The van der Waals surface area contributed by atoms with E-state index in [9.17, 15) is 13.2 Å². The Morgan fingerprint density at radius 1 is 1.03 bits per heavy atom. The molecule has 2 aromatic rings. The molecular formula is C25H33N3O3S2. The van der Waals surface area contributed by atoms with E-state index in [0.29, 0.717) is 30.8 Å². The first kappa shape index (κ1) is 24.3. The van der Waals surface area contributed by atoms with Crippen LogP contribution in [0.3, 0.4) is 0 Å². The zero-order valence-electron chi connectivity index (χ0n) is 19.4. The number of sulfonamides is 1. The van der Waals surface area contributed by atoms with Crippen molar-refractivity contribution in [2.45, 2.75) is 38.1 Å². The molecule has 4 rings (SSSR count). The van der Waals surface area contributed by atoms with Crippen molar-refractivity contribution in [3.8, 4) is 0 Å². The summed E-state index contributed by atoms with van der Waals surface area (Å²) in [6, 6.07) is 13.4. The third-order valence-electron chi connectivity index (χ3n) is 6.55. The lowest BCUT2D eigenvalue weighted by molar-refractivity contribution is -0.120. The van der Waals surface area contributed by atoms with Crippen LogP contribution < -0.4 is 5.32 Å². The van der Waals surface area contributed by atoms with Gasteiger partial charge in [0, 0.05) is 55.8 Å². The van der Waals surface area contributed by atoms with Crippen molar-refractivity contribution in [2.24, 2.45) is 5.92 Å². The number of anilines is 1. The quantitative estimate of drug-likeness (QED) is 0.669. The highest BCUT2D eigenvalue weighted by Crippen LogP contribution is 2.28. The first-order chi connectivity index (χ1) is 15.8. The second-order valence-electron chi connectivity index (χ2n) is 8.98. The molecule has 0 aromatic heterocycles. The van der Waals surface area contributed by atoms with Crippen LogP contribution in [0.4, 0.5) is 5.69 Å². The summed E-state index contributed by atoms with van der Waals surface area (Å²) in [4.78, 5) is 15.8. The minimum absolute atomic E-state index is 0.0137. The first-order valence-corrected chi connectivity index (χ1v) is 14.2. The third-order valence-corrected chi connectivity index (χ3v) is 9.55. The maximum absolute atomic E-state index is 13.1. The fraction of sp³-hybridized carbons (Fsp3) is 0.480. The molecule has 0 spiro atoms. The minimum atomic E-state index is -3.55. The van der Waals surface area contributed by atoms with E-state index in [1.807, 2.05) is 55.9 Å². The maximum Gasteiger partial charge on any atom is 0.243 e. The Balaban J connectivity index is 1.37. The first-order valence-electron chi connectivity index (χ1n) is 11.6. The van der Waals surface area contributed by atoms with Gasteiger partial charge >= 0.3 is 0 Å². The molecule has 6 nitrogen and oxygen atoms in total. The normalized spacial score (nSPS) is 18.8. The summed E-state index contributed by atoms with van der Waals surface area (Å²) >= 11 is 1.99. The number of hydrogen-bond donors (Lipinski definition) is 1. The summed E-state index contributed by atoms with van der Waals surface area (Å²) < 4.78 is 27.8. The molecule has 1 amide bonds. The zero-order chi connectivity index (χ0) is 23.4. The average Bonchev–Trinajstić information content (AvgIpc) is 2.81. The number of rotatable bonds is 6. The van der Waals surface area contributed by atoms with Gasteiger partial charge in [-0.25, -0.2) is 8.42 Å². The van der Waals surface area contributed by atoms with Gasteiger partial charge in [-0.1, -0.05) is 35.9 Å². The van der Waals surface area contributed by atoms with Gasteiger partial charge in [-0.3, -0.25) is 9.69 Å². The number of nitrogens with one attached hydrogen (secondary N) is 1. The molecule has 178 valence electrons. The number of aryl methyl sites for hydroxylation is 2. The molecule has 0 aliphatic carbocycles. The Morgan fingerprint density at radius 3 is 2.42 bits per heavy atom. The molecule has 2 fully saturated rings. The fourth-order valence-electron chi connectivity index (χ4n) is 4.60. The second kappa shape index (κ2) is 10.6. The Hall–Kier alpha value is -1.87. The van der Waals surface area contributed by atoms with Crippen LogP contribution in [0, 0.1) is 19.8 Å². The Kier molecular flexibility index (Phi) is 7.79. The van der Waals surface area contributed by atoms with Crippen LogP contribution in [0.15, 0.2) is 47.4 Å². The molecule has 1 N–H and O–H groups in total. The lowest BCUT2D eigenvalue weighted by atomic mass is 9.97. The SMILES string of the molecule is Cc1ccc(S(=O)(=O)N2CCC(C(=O)Nc3ccccc3CN3CCSCC3)CC2)c(C)c1. The van der Waals surface area contributed by atoms with Gasteiger partial charge in [-0.2, -0.15) is 16.1 Å². The third kappa shape index (κ3) is 5.80. The molecule has 2 aliphatic heterocycles. The molecule has 2 saturated heterocycles. The van der Waals surface area contributed by atoms with Crippen LogP contribution in [0.2, 0.25) is 0 Å². The maximum atomic E-state index is 13.1. The van der Waals surface area contributed by atoms with Gasteiger partial charge in [-0.15, -0.1) is 0 Å². The van der Waals surface area contributed by atoms with Crippen LogP contribution in [0.25, 0.3) is 0 Å². The van der Waals surface area contributed by atoms with Crippen molar-refractivity contribution < 1.29 is 13.2 Å². The smallest absolute Gasteiger partial charge is 0.243 e. The number of nitrogens with zero attached hydrogens (tertiary/aromatic N) is 2. The molecule has 8 heteroatoms. The predicted octanol–water partition coefficient (Wildman–Crippen LogP) is 3.89. The van der Waals surface area contributed by atoms with E-state index in [1.165, 1.54) is 4.31 Å². The Labute approximate surface area is 201 Å². The van der Waals surface area contributed by atoms with Gasteiger partial charge in [-0.05, 0) is 49.9 Å². The number of benzene rings is 2. The van der Waals surface area contributed by atoms with E-state index in [2.05, 4.69) is 16.3 Å². The Morgan fingerprint density at radius 2 is 1.73 bits per heavy atom. The van der Waals surface area contributed by atoms with Crippen molar-refractivity contribution in [1.82, 2.24) is 9.21 Å². The van der Waals surface area contributed by atoms with E-state index in [-0.39, 0.29) is 11.8 Å². The van der Waals surface area contributed by atoms with E-state index < -0.39 is 10.0 Å². The molecule has 0 saturated carbocycles. The number of thioether (sulfide) groups is 1. The summed E-state index contributed by atoms with van der Waals surface area (Å²) in [5.74, 6) is 2.10. The number of amides is 1. The lowest BCUT2D eigenvalue weighted by Gasteiger charge is -2.31. The summed E-state index contributed by atoms with van der Waals surface area (Å²) in [5.41, 5.74) is 3.80. The van der Waals surface area contributed by atoms with Crippen molar-refractivity contribution in [2.75, 3.05) is 43.0 Å². The average molecular weight is 488 g/mol. The van der Waals surface area contributed by atoms with Gasteiger partial charge in [0.2, 0.25) is 15.9 Å². The highest BCUT2D eigenvalue weighted by atomic mass is 32.2. The summed E-state index contributed by atoms with van der Waals surface area (Å²) in [7, 11) is -3.55. The number of piperidine rings is 1. The standard InChI is InChI=1S/C25H33N3O3S2/c1-19-7-8-24(20(2)17-19)33(30,31)28-11-9-21(10-12-28)25(29)26-23-6-4-3-5-22(23)18-27-13-15-32-16-14-27/h3-8,17,21H,9-16,18H2,1-2H3,(H,26,29). The second-order valence-corrected chi connectivity index (χ2v) is 12.1. The number of para-hydroxylation sites is 1. The predicted molar refractivity (Wildman–Crippen MR) is 135 cm³/mol. The minimum Gasteiger partial charge on any atom is -0.326 e. The summed E-state index contributed by atoms with van der Waals surface area (Å²) in [5, 5.41) is 3.13. The molecule has 0 radical (unpaired) electrons. The van der Waals surface area contributed by atoms with E-state index in [0.717, 1.165) is 53.5 Å². The van der Waals surface area contributed by atoms with Crippen LogP contribution >= 0.6 is 11.8 Å². The largest absolute Gasteiger partial charge is 0.326 e. The van der Waals surface area contributed by atoms with Crippen LogP contribution in [-0.4, -0.2) is 61.2 Å². The molecule has 2 heterocycles. The van der Waals surface area contributed by atoms with Crippen LogP contribution in [-0.2, 0) is 21.4 Å². The number of carbonyl (C=O) groups excluding carboxylic acids is 1.